The van der Waals surface area contributed by atoms with Crippen molar-refractivity contribution in [1.29, 1.82) is 0 Å². The molecule has 1 N–H and O–H groups in total. The molecule has 146 valence electrons. The number of hydrogen-bond acceptors (Lipinski definition) is 8. The fourth-order valence-corrected chi connectivity index (χ4v) is 2.69. The highest BCUT2D eigenvalue weighted by Crippen LogP contribution is 2.19. The average molecular weight is 376 g/mol. The van der Waals surface area contributed by atoms with Crippen LogP contribution < -0.4 is 14.8 Å². The van der Waals surface area contributed by atoms with Crippen LogP contribution in [0.3, 0.4) is 0 Å². The van der Waals surface area contributed by atoms with Crippen LogP contribution in [0.1, 0.15) is 43.2 Å². The number of aryl methyl sites for hydroxylation is 2. The van der Waals surface area contributed by atoms with E-state index in [2.05, 4.69) is 27.6 Å². The summed E-state index contributed by atoms with van der Waals surface area (Å²) in [5.41, 5.74) is 1.85. The third-order valence-electron chi connectivity index (χ3n) is 4.26. The minimum Gasteiger partial charge on any atom is -0.472 e. The van der Waals surface area contributed by atoms with Crippen LogP contribution in [0.5, 0.6) is 11.8 Å². The van der Waals surface area contributed by atoms with Crippen molar-refractivity contribution in [2.75, 3.05) is 13.2 Å². The maximum atomic E-state index is 11.8. The monoisotopic (exact) mass is 376 g/mol. The van der Waals surface area contributed by atoms with E-state index in [1.54, 1.807) is 6.07 Å². The van der Waals surface area contributed by atoms with Gasteiger partial charge >= 0.3 is 6.09 Å². The fourth-order valence-electron chi connectivity index (χ4n) is 2.69. The molecule has 0 unspecified atom stereocenters. The quantitative estimate of drug-likeness (QED) is 0.749. The van der Waals surface area contributed by atoms with Gasteiger partial charge < -0.3 is 24.1 Å². The molecule has 0 radical (unpaired) electrons. The van der Waals surface area contributed by atoms with E-state index >= 15 is 0 Å². The predicted octanol–water partition coefficient (Wildman–Crippen LogP) is 2.57. The molecule has 27 heavy (non-hydrogen) atoms. The maximum Gasteiger partial charge on any atom is 0.414 e. The lowest BCUT2D eigenvalue weighted by Crippen LogP contribution is -2.37. The largest absolute Gasteiger partial charge is 0.472 e. The van der Waals surface area contributed by atoms with Crippen LogP contribution in [-0.2, 0) is 17.8 Å². The van der Waals surface area contributed by atoms with Gasteiger partial charge in [0.05, 0.1) is 23.9 Å². The standard InChI is InChI=1S/C18H24N4O5/c1-3-4-5-15-14(12(2)27-22-15)11-25-16-6-7-17(21-20-16)26-18(23)19-13-8-9-24-10-13/h6-7,13H,3-5,8-11H2,1-2H3,(H,19,23)/t13-/m0/s1. The Morgan fingerprint density at radius 1 is 1.33 bits per heavy atom. The Hall–Kier alpha value is -2.68. The molecular weight excluding hydrogens is 352 g/mol. The Bertz CT molecular complexity index is 741. The van der Waals surface area contributed by atoms with Crippen molar-refractivity contribution >= 4 is 6.09 Å². The van der Waals surface area contributed by atoms with Gasteiger partial charge in [0, 0.05) is 18.7 Å². The third-order valence-corrected chi connectivity index (χ3v) is 4.26. The van der Waals surface area contributed by atoms with Crippen LogP contribution in [0.4, 0.5) is 4.79 Å². The first-order chi connectivity index (χ1) is 13.2. The maximum absolute atomic E-state index is 11.8. The number of aromatic nitrogens is 3. The predicted molar refractivity (Wildman–Crippen MR) is 94.6 cm³/mol. The van der Waals surface area contributed by atoms with Gasteiger partial charge in [0.2, 0.25) is 11.8 Å². The Balaban J connectivity index is 1.50. The molecule has 9 nitrogen and oxygen atoms in total. The summed E-state index contributed by atoms with van der Waals surface area (Å²) in [6, 6.07) is 3.11. The zero-order valence-electron chi connectivity index (χ0n) is 15.6. The minimum atomic E-state index is -0.575. The normalized spacial score (nSPS) is 16.3. The zero-order chi connectivity index (χ0) is 19.1. The molecule has 3 rings (SSSR count). The molecule has 1 fully saturated rings. The van der Waals surface area contributed by atoms with Gasteiger partial charge in [-0.2, -0.15) is 0 Å². The highest BCUT2D eigenvalue weighted by atomic mass is 16.6. The smallest absolute Gasteiger partial charge is 0.414 e. The molecule has 1 amide bonds. The van der Waals surface area contributed by atoms with Gasteiger partial charge in [0.1, 0.15) is 12.4 Å². The van der Waals surface area contributed by atoms with Gasteiger partial charge in [-0.05, 0) is 26.2 Å². The van der Waals surface area contributed by atoms with E-state index in [9.17, 15) is 4.79 Å². The number of rotatable bonds is 8. The molecule has 1 aliphatic rings. The number of carbonyl (C=O) groups excluding carboxylic acids is 1. The van der Waals surface area contributed by atoms with E-state index in [0.29, 0.717) is 25.7 Å². The third kappa shape index (κ3) is 5.40. The molecular formula is C18H24N4O5. The number of nitrogens with zero attached hydrogens (tertiary/aromatic N) is 3. The number of amides is 1. The van der Waals surface area contributed by atoms with E-state index in [1.165, 1.54) is 6.07 Å². The highest BCUT2D eigenvalue weighted by molar-refractivity contribution is 5.70. The van der Waals surface area contributed by atoms with Gasteiger partial charge in [0.25, 0.3) is 0 Å². The summed E-state index contributed by atoms with van der Waals surface area (Å²) >= 11 is 0. The average Bonchev–Trinajstić information content (AvgIpc) is 3.29. The molecule has 0 aliphatic carbocycles. The Labute approximate surface area is 157 Å². The van der Waals surface area contributed by atoms with Crippen molar-refractivity contribution in [2.24, 2.45) is 0 Å². The summed E-state index contributed by atoms with van der Waals surface area (Å²) < 4.78 is 21.2. The Kier molecular flexibility index (Phi) is 6.59. The van der Waals surface area contributed by atoms with Gasteiger partial charge in [-0.25, -0.2) is 4.79 Å². The zero-order valence-corrected chi connectivity index (χ0v) is 15.6. The van der Waals surface area contributed by atoms with Crippen LogP contribution in [-0.4, -0.2) is 40.7 Å². The lowest BCUT2D eigenvalue weighted by atomic mass is 10.1. The van der Waals surface area contributed by atoms with Crippen molar-refractivity contribution in [3.05, 3.63) is 29.2 Å². The number of ether oxygens (including phenoxy) is 3. The molecule has 1 aliphatic heterocycles. The van der Waals surface area contributed by atoms with Crippen LogP contribution in [0.15, 0.2) is 16.7 Å². The lowest BCUT2D eigenvalue weighted by molar-refractivity contribution is 0.177. The molecule has 0 bridgehead atoms. The van der Waals surface area contributed by atoms with Crippen LogP contribution in [0.25, 0.3) is 0 Å². The molecule has 1 saturated heterocycles. The van der Waals surface area contributed by atoms with Gasteiger partial charge in [-0.15, -0.1) is 10.2 Å². The summed E-state index contributed by atoms with van der Waals surface area (Å²) in [6.07, 6.45) is 3.18. The molecule has 9 heteroatoms. The van der Waals surface area contributed by atoms with Gasteiger partial charge in [-0.1, -0.05) is 18.5 Å². The molecule has 1 atom stereocenters. The number of unbranched alkanes of at least 4 members (excludes halogenated alkanes) is 1. The summed E-state index contributed by atoms with van der Waals surface area (Å²) in [7, 11) is 0. The van der Waals surface area contributed by atoms with E-state index in [-0.39, 0.29) is 11.9 Å². The van der Waals surface area contributed by atoms with Crippen molar-refractivity contribution in [1.82, 2.24) is 20.7 Å². The van der Waals surface area contributed by atoms with Crippen LogP contribution >= 0.6 is 0 Å². The molecule has 0 aromatic carbocycles. The Morgan fingerprint density at radius 2 is 2.15 bits per heavy atom. The second-order valence-corrected chi connectivity index (χ2v) is 6.36. The molecule has 0 saturated carbocycles. The van der Waals surface area contributed by atoms with E-state index < -0.39 is 6.09 Å². The fraction of sp³-hybridized carbons (Fsp3) is 0.556. The summed E-state index contributed by atoms with van der Waals surface area (Å²) in [4.78, 5) is 11.8. The summed E-state index contributed by atoms with van der Waals surface area (Å²) in [6.45, 7) is 5.42. The van der Waals surface area contributed by atoms with Crippen LogP contribution in [0.2, 0.25) is 0 Å². The van der Waals surface area contributed by atoms with Gasteiger partial charge in [-0.3, -0.25) is 0 Å². The van der Waals surface area contributed by atoms with Crippen molar-refractivity contribution in [3.8, 4) is 11.8 Å². The first-order valence-corrected chi connectivity index (χ1v) is 9.12. The minimum absolute atomic E-state index is 0.0261. The highest BCUT2D eigenvalue weighted by Gasteiger charge is 2.19. The SMILES string of the molecule is CCCCc1noc(C)c1COc1ccc(OC(=O)N[C@H]2CCOC2)nn1. The topological polar surface area (TPSA) is 109 Å². The van der Waals surface area contributed by atoms with E-state index in [0.717, 1.165) is 42.7 Å². The van der Waals surface area contributed by atoms with E-state index in [1.807, 2.05) is 6.92 Å². The molecule has 3 heterocycles. The summed E-state index contributed by atoms with van der Waals surface area (Å²) in [5.74, 6) is 1.17. The first-order valence-electron chi connectivity index (χ1n) is 9.12. The van der Waals surface area contributed by atoms with Crippen molar-refractivity contribution in [3.63, 3.8) is 0 Å². The lowest BCUT2D eigenvalue weighted by Gasteiger charge is -2.10. The second kappa shape index (κ2) is 9.31. The van der Waals surface area contributed by atoms with Gasteiger partial charge in [0.15, 0.2) is 0 Å². The molecule has 0 spiro atoms. The Morgan fingerprint density at radius 3 is 2.85 bits per heavy atom. The van der Waals surface area contributed by atoms with E-state index in [4.69, 9.17) is 18.7 Å². The first kappa shape index (κ1) is 19.1. The number of carbonyl (C=O) groups is 1. The number of nitrogens with one attached hydrogen (secondary N) is 1. The number of hydrogen-bond donors (Lipinski definition) is 1. The van der Waals surface area contributed by atoms with Crippen molar-refractivity contribution in [2.45, 2.75) is 52.2 Å². The molecule has 2 aromatic rings. The van der Waals surface area contributed by atoms with Crippen LogP contribution in [0, 0.1) is 6.92 Å². The molecule has 2 aromatic heterocycles. The summed E-state index contributed by atoms with van der Waals surface area (Å²) in [5, 5.41) is 14.6. The van der Waals surface area contributed by atoms with Crippen molar-refractivity contribution < 1.29 is 23.5 Å². The second-order valence-electron chi connectivity index (χ2n) is 6.36.